The molecular formula is C20H24N6O2S. The van der Waals surface area contributed by atoms with Crippen LogP contribution in [0.5, 0.6) is 11.5 Å². The minimum Gasteiger partial charge on any atom is -0.496 e. The van der Waals surface area contributed by atoms with E-state index in [9.17, 15) is 0 Å². The SMILES string of the molecule is COc1cc2c(cc1/C(C)=N/S)-c1nc(-c3nc(C)nn3C(C)C)cn1CCO2. The molecule has 0 amide bonds. The van der Waals surface area contributed by atoms with Crippen LogP contribution < -0.4 is 9.47 Å². The first kappa shape index (κ1) is 19.5. The number of hydrogen-bond donors (Lipinski definition) is 1. The lowest BCUT2D eigenvalue weighted by Gasteiger charge is -2.13. The molecule has 0 fully saturated rings. The first-order chi connectivity index (χ1) is 13.9. The van der Waals surface area contributed by atoms with Crippen LogP contribution in [-0.4, -0.2) is 43.7 Å². The third-order valence-electron chi connectivity index (χ3n) is 4.90. The standard InChI is InChI=1S/C20H24N6O2S/c1-11(2)26-20(21-13(4)23-26)16-10-25-6-7-28-18-9-17(27-5)14(12(3)24-29)8-15(18)19(25)22-16/h8-11,29H,6-7H2,1-5H3/b24-12+. The van der Waals surface area contributed by atoms with Crippen LogP contribution in [0.1, 0.15) is 38.2 Å². The molecule has 1 aliphatic heterocycles. The van der Waals surface area contributed by atoms with E-state index in [1.54, 1.807) is 7.11 Å². The lowest BCUT2D eigenvalue weighted by atomic mass is 10.0. The second-order valence-electron chi connectivity index (χ2n) is 7.25. The molecule has 29 heavy (non-hydrogen) atoms. The maximum Gasteiger partial charge on any atom is 0.178 e. The van der Waals surface area contributed by atoms with Crippen molar-refractivity contribution in [1.29, 1.82) is 0 Å². The number of benzene rings is 1. The Bertz CT molecular complexity index is 1100. The lowest BCUT2D eigenvalue weighted by molar-refractivity contribution is 0.304. The Morgan fingerprint density at radius 2 is 2.07 bits per heavy atom. The molecule has 1 aliphatic rings. The highest BCUT2D eigenvalue weighted by Gasteiger charge is 2.24. The van der Waals surface area contributed by atoms with Gasteiger partial charge in [0.1, 0.15) is 35.4 Å². The second kappa shape index (κ2) is 7.55. The van der Waals surface area contributed by atoms with E-state index in [1.807, 2.05) is 36.9 Å². The molecule has 2 aromatic heterocycles. The molecule has 4 rings (SSSR count). The summed E-state index contributed by atoms with van der Waals surface area (Å²) >= 11 is 4.06. The van der Waals surface area contributed by atoms with E-state index in [0.717, 1.165) is 45.8 Å². The molecule has 0 saturated carbocycles. The number of methoxy groups -OCH3 is 1. The predicted molar refractivity (Wildman–Crippen MR) is 115 cm³/mol. The average Bonchev–Trinajstić information content (AvgIpc) is 3.26. The maximum atomic E-state index is 5.98. The maximum absolute atomic E-state index is 5.98. The number of nitrogens with zero attached hydrogens (tertiary/aromatic N) is 6. The van der Waals surface area contributed by atoms with Gasteiger partial charge in [-0.1, -0.05) is 0 Å². The summed E-state index contributed by atoms with van der Waals surface area (Å²) in [5.74, 6) is 3.74. The fraction of sp³-hybridized carbons (Fsp3) is 0.400. The summed E-state index contributed by atoms with van der Waals surface area (Å²) < 4.78 is 19.5. The van der Waals surface area contributed by atoms with Crippen molar-refractivity contribution in [3.05, 3.63) is 29.7 Å². The number of imidazole rings is 1. The molecule has 3 aromatic rings. The third-order valence-corrected chi connectivity index (χ3v) is 5.20. The first-order valence-corrected chi connectivity index (χ1v) is 9.87. The van der Waals surface area contributed by atoms with E-state index >= 15 is 0 Å². The largest absolute Gasteiger partial charge is 0.496 e. The number of fused-ring (bicyclic) bond motifs is 3. The van der Waals surface area contributed by atoms with Gasteiger partial charge in [0.2, 0.25) is 0 Å². The Labute approximate surface area is 175 Å². The summed E-state index contributed by atoms with van der Waals surface area (Å²) in [6, 6.07) is 4.07. The fourth-order valence-electron chi connectivity index (χ4n) is 3.49. The number of hydrogen-bond acceptors (Lipinski definition) is 7. The Hall–Kier alpha value is -2.81. The van der Waals surface area contributed by atoms with E-state index in [2.05, 4.69) is 45.7 Å². The number of rotatable bonds is 4. The van der Waals surface area contributed by atoms with Crippen molar-refractivity contribution in [3.8, 4) is 34.4 Å². The zero-order valence-corrected chi connectivity index (χ0v) is 18.1. The van der Waals surface area contributed by atoms with Crippen molar-refractivity contribution >= 4 is 18.5 Å². The van der Waals surface area contributed by atoms with Crippen molar-refractivity contribution < 1.29 is 9.47 Å². The first-order valence-electron chi connectivity index (χ1n) is 9.47. The highest BCUT2D eigenvalue weighted by Crippen LogP contribution is 2.38. The van der Waals surface area contributed by atoms with Crippen molar-refractivity contribution in [3.63, 3.8) is 0 Å². The summed E-state index contributed by atoms with van der Waals surface area (Å²) in [6.07, 6.45) is 2.01. The van der Waals surface area contributed by atoms with Gasteiger partial charge in [0, 0.05) is 23.9 Å². The molecule has 0 spiro atoms. The lowest BCUT2D eigenvalue weighted by Crippen LogP contribution is -2.06. The molecule has 1 aromatic carbocycles. The molecule has 9 heteroatoms. The van der Waals surface area contributed by atoms with Gasteiger partial charge < -0.3 is 14.0 Å². The van der Waals surface area contributed by atoms with Crippen LogP contribution in [0.4, 0.5) is 0 Å². The molecule has 0 aliphatic carbocycles. The Morgan fingerprint density at radius 3 is 2.76 bits per heavy atom. The molecule has 0 saturated heterocycles. The number of thiol groups is 1. The van der Waals surface area contributed by atoms with Gasteiger partial charge >= 0.3 is 0 Å². The van der Waals surface area contributed by atoms with E-state index in [1.165, 1.54) is 0 Å². The van der Waals surface area contributed by atoms with Gasteiger partial charge in [-0.3, -0.25) is 0 Å². The minimum absolute atomic E-state index is 0.188. The molecule has 0 bridgehead atoms. The van der Waals surface area contributed by atoms with Gasteiger partial charge in [-0.25, -0.2) is 19.0 Å². The van der Waals surface area contributed by atoms with E-state index in [4.69, 9.17) is 14.5 Å². The van der Waals surface area contributed by atoms with Crippen molar-refractivity contribution in [2.24, 2.45) is 4.40 Å². The average molecular weight is 413 g/mol. The van der Waals surface area contributed by atoms with Gasteiger partial charge in [-0.2, -0.15) is 5.10 Å². The van der Waals surface area contributed by atoms with Crippen LogP contribution in [0, 0.1) is 6.92 Å². The highest BCUT2D eigenvalue weighted by molar-refractivity contribution is 7.79. The predicted octanol–water partition coefficient (Wildman–Crippen LogP) is 3.75. The molecule has 0 atom stereocenters. The Balaban J connectivity index is 1.90. The number of ether oxygens (including phenoxy) is 2. The minimum atomic E-state index is 0.188. The highest BCUT2D eigenvalue weighted by atomic mass is 32.1. The van der Waals surface area contributed by atoms with Crippen molar-refractivity contribution in [2.75, 3.05) is 13.7 Å². The topological polar surface area (TPSA) is 79.4 Å². The monoisotopic (exact) mass is 412 g/mol. The molecule has 0 unspecified atom stereocenters. The molecule has 0 radical (unpaired) electrons. The van der Waals surface area contributed by atoms with Gasteiger partial charge in [-0.15, -0.1) is 0 Å². The summed E-state index contributed by atoms with van der Waals surface area (Å²) in [4.78, 5) is 9.53. The van der Waals surface area contributed by atoms with Crippen molar-refractivity contribution in [1.82, 2.24) is 24.3 Å². The van der Waals surface area contributed by atoms with E-state index in [-0.39, 0.29) is 6.04 Å². The third kappa shape index (κ3) is 3.39. The van der Waals surface area contributed by atoms with Crippen LogP contribution in [0.25, 0.3) is 22.9 Å². The molecule has 152 valence electrons. The Kier molecular flexibility index (Phi) is 5.08. The summed E-state index contributed by atoms with van der Waals surface area (Å²) in [7, 11) is 1.63. The van der Waals surface area contributed by atoms with Crippen LogP contribution in [-0.2, 0) is 6.54 Å². The van der Waals surface area contributed by atoms with Crippen LogP contribution >= 0.6 is 12.8 Å². The van der Waals surface area contributed by atoms with E-state index < -0.39 is 0 Å². The van der Waals surface area contributed by atoms with Crippen LogP contribution in [0.15, 0.2) is 22.7 Å². The van der Waals surface area contributed by atoms with Gasteiger partial charge in [0.05, 0.1) is 24.9 Å². The molecule has 0 N–H and O–H groups in total. The van der Waals surface area contributed by atoms with E-state index in [0.29, 0.717) is 18.9 Å². The normalized spacial score (nSPS) is 13.7. The summed E-state index contributed by atoms with van der Waals surface area (Å²) in [5, 5.41) is 4.52. The molecule has 8 nitrogen and oxygen atoms in total. The van der Waals surface area contributed by atoms with Crippen LogP contribution in [0.3, 0.4) is 0 Å². The quantitative estimate of drug-likeness (QED) is 0.521. The number of aryl methyl sites for hydroxylation is 1. The smallest absolute Gasteiger partial charge is 0.178 e. The fourth-order valence-corrected chi connectivity index (χ4v) is 3.60. The van der Waals surface area contributed by atoms with Gasteiger partial charge in [0.25, 0.3) is 0 Å². The van der Waals surface area contributed by atoms with Gasteiger partial charge in [-0.05, 0) is 46.6 Å². The number of aromatic nitrogens is 5. The van der Waals surface area contributed by atoms with Crippen LogP contribution in [0.2, 0.25) is 0 Å². The summed E-state index contributed by atoms with van der Waals surface area (Å²) in [6.45, 7) is 9.17. The summed E-state index contributed by atoms with van der Waals surface area (Å²) in [5.41, 5.74) is 3.28. The zero-order chi connectivity index (χ0) is 20.7. The second-order valence-corrected chi connectivity index (χ2v) is 7.45. The molecular weight excluding hydrogens is 388 g/mol. The van der Waals surface area contributed by atoms with Crippen molar-refractivity contribution in [2.45, 2.75) is 40.3 Å². The molecule has 3 heterocycles. The Morgan fingerprint density at radius 1 is 1.28 bits per heavy atom. The zero-order valence-electron chi connectivity index (χ0n) is 17.2. The van der Waals surface area contributed by atoms with Gasteiger partial charge in [0.15, 0.2) is 5.82 Å².